The molecule has 1 N–H and O–H groups in total. The fourth-order valence-corrected chi connectivity index (χ4v) is 2.10. The summed E-state index contributed by atoms with van der Waals surface area (Å²) in [5, 5.41) is 3.63. The number of nitrogens with zero attached hydrogens (tertiary/aromatic N) is 3. The lowest BCUT2D eigenvalue weighted by atomic mass is 10.2. The average molecular weight is 354 g/mol. The molecule has 1 aromatic carbocycles. The molecule has 0 saturated carbocycles. The van der Waals surface area contributed by atoms with E-state index in [0.717, 1.165) is 17.8 Å². The molecule has 0 fully saturated rings. The van der Waals surface area contributed by atoms with E-state index in [4.69, 9.17) is 6.42 Å². The Morgan fingerprint density at radius 1 is 1.29 bits per heavy atom. The maximum absolute atomic E-state index is 13.0. The number of thioether (sulfide) groups is 1. The third-order valence-corrected chi connectivity index (χ3v) is 3.27. The van der Waals surface area contributed by atoms with Crippen molar-refractivity contribution in [1.29, 1.82) is 0 Å². The Hall–Kier alpha value is -2.60. The number of anilines is 1. The molecule has 24 heavy (non-hydrogen) atoms. The van der Waals surface area contributed by atoms with Gasteiger partial charge in [0.15, 0.2) is 16.7 Å². The molecule has 0 radical (unpaired) electrons. The molecule has 0 aliphatic heterocycles. The lowest BCUT2D eigenvalue weighted by Crippen LogP contribution is -2.10. The number of halogens is 4. The van der Waals surface area contributed by atoms with Gasteiger partial charge in [0.05, 0.1) is 12.0 Å². The lowest BCUT2D eigenvalue weighted by molar-refractivity contribution is -0.141. The number of alkyl halides is 3. The van der Waals surface area contributed by atoms with E-state index in [1.807, 2.05) is 0 Å². The first-order valence-corrected chi connectivity index (χ1v) is 7.44. The Morgan fingerprint density at radius 3 is 2.75 bits per heavy atom. The third kappa shape index (κ3) is 5.24. The van der Waals surface area contributed by atoms with Crippen molar-refractivity contribution in [3.05, 3.63) is 47.4 Å². The van der Waals surface area contributed by atoms with Crippen molar-refractivity contribution in [2.75, 3.05) is 11.2 Å². The summed E-state index contributed by atoms with van der Waals surface area (Å²) in [6.45, 7) is 0. The second-order valence-corrected chi connectivity index (χ2v) is 5.28. The molecule has 4 nitrogen and oxygen atoms in total. The second-order valence-electron chi connectivity index (χ2n) is 4.34. The molecule has 0 amide bonds. The monoisotopic (exact) mass is 354 g/mol. The standard InChI is InChI=1S/C15H10F4N4S/c1-2-6-24-14-21-12(15(17,18)19)8-13(22-14)23-20-9-10-4-3-5-11(16)7-10/h1,3-5,7-9H,6H2,(H,21,22,23). The van der Waals surface area contributed by atoms with Gasteiger partial charge in [0, 0.05) is 6.07 Å². The van der Waals surface area contributed by atoms with E-state index in [2.05, 4.69) is 26.4 Å². The number of hydrogen-bond donors (Lipinski definition) is 1. The van der Waals surface area contributed by atoms with Gasteiger partial charge in [-0.05, 0) is 17.7 Å². The summed E-state index contributed by atoms with van der Waals surface area (Å²) in [7, 11) is 0. The molecule has 0 bridgehead atoms. The van der Waals surface area contributed by atoms with Crippen molar-refractivity contribution in [1.82, 2.24) is 9.97 Å². The highest BCUT2D eigenvalue weighted by molar-refractivity contribution is 7.99. The first-order chi connectivity index (χ1) is 11.4. The van der Waals surface area contributed by atoms with E-state index in [-0.39, 0.29) is 16.7 Å². The van der Waals surface area contributed by atoms with Crippen LogP contribution in [0.4, 0.5) is 23.4 Å². The molecule has 0 spiro atoms. The summed E-state index contributed by atoms with van der Waals surface area (Å²) in [6, 6.07) is 6.28. The first-order valence-electron chi connectivity index (χ1n) is 6.45. The fraction of sp³-hybridized carbons (Fsp3) is 0.133. The van der Waals surface area contributed by atoms with Crippen LogP contribution in [0, 0.1) is 18.2 Å². The highest BCUT2D eigenvalue weighted by atomic mass is 32.2. The summed E-state index contributed by atoms with van der Waals surface area (Å²) in [5.74, 6) is 1.81. The van der Waals surface area contributed by atoms with Crippen molar-refractivity contribution < 1.29 is 17.6 Å². The zero-order chi connectivity index (χ0) is 17.6. The van der Waals surface area contributed by atoms with Gasteiger partial charge in [-0.3, -0.25) is 5.43 Å². The number of hydrogen-bond acceptors (Lipinski definition) is 5. The normalized spacial score (nSPS) is 11.5. The average Bonchev–Trinajstić information content (AvgIpc) is 2.52. The molecule has 0 saturated heterocycles. The van der Waals surface area contributed by atoms with Gasteiger partial charge in [0.2, 0.25) is 0 Å². The highest BCUT2D eigenvalue weighted by Gasteiger charge is 2.33. The minimum atomic E-state index is -4.63. The van der Waals surface area contributed by atoms with Gasteiger partial charge in [-0.25, -0.2) is 14.4 Å². The molecule has 9 heteroatoms. The SMILES string of the molecule is C#CCSc1nc(NN=Cc2cccc(F)c2)cc(C(F)(F)F)n1. The van der Waals surface area contributed by atoms with Gasteiger partial charge in [-0.15, -0.1) is 6.42 Å². The summed E-state index contributed by atoms with van der Waals surface area (Å²) in [6.07, 6.45) is 1.71. The van der Waals surface area contributed by atoms with E-state index < -0.39 is 17.7 Å². The summed E-state index contributed by atoms with van der Waals surface area (Å²) < 4.78 is 51.6. The molecule has 0 unspecified atom stereocenters. The van der Waals surface area contributed by atoms with Gasteiger partial charge >= 0.3 is 6.18 Å². The highest BCUT2D eigenvalue weighted by Crippen LogP contribution is 2.30. The number of terminal acetylenes is 1. The Labute approximate surface area is 139 Å². The van der Waals surface area contributed by atoms with Crippen molar-refractivity contribution in [2.45, 2.75) is 11.3 Å². The number of rotatable bonds is 5. The van der Waals surface area contributed by atoms with Crippen LogP contribution in [-0.4, -0.2) is 21.9 Å². The zero-order valence-electron chi connectivity index (χ0n) is 12.0. The predicted octanol–water partition coefficient (Wildman–Crippen LogP) is 3.81. The summed E-state index contributed by atoms with van der Waals surface area (Å²) in [5.41, 5.74) is 1.70. The van der Waals surface area contributed by atoms with Gasteiger partial charge in [-0.1, -0.05) is 29.8 Å². The maximum Gasteiger partial charge on any atom is 0.433 e. The minimum absolute atomic E-state index is 0.119. The van der Waals surface area contributed by atoms with Gasteiger partial charge < -0.3 is 0 Å². The number of benzene rings is 1. The van der Waals surface area contributed by atoms with Gasteiger partial charge in [-0.2, -0.15) is 18.3 Å². The summed E-state index contributed by atoms with van der Waals surface area (Å²) in [4.78, 5) is 7.30. The fourth-order valence-electron chi connectivity index (χ4n) is 1.56. The molecule has 1 heterocycles. The third-order valence-electron chi connectivity index (χ3n) is 2.52. The quantitative estimate of drug-likeness (QED) is 0.222. The van der Waals surface area contributed by atoms with Crippen LogP contribution in [0.15, 0.2) is 40.6 Å². The summed E-state index contributed by atoms with van der Waals surface area (Å²) >= 11 is 0.897. The van der Waals surface area contributed by atoms with Crippen LogP contribution in [-0.2, 0) is 6.18 Å². The van der Waals surface area contributed by atoms with E-state index in [9.17, 15) is 17.6 Å². The van der Waals surface area contributed by atoms with Gasteiger partial charge in [0.1, 0.15) is 5.82 Å². The molecule has 0 aliphatic rings. The Kier molecular flexibility index (Phi) is 5.76. The predicted molar refractivity (Wildman–Crippen MR) is 84.2 cm³/mol. The first kappa shape index (κ1) is 17.7. The zero-order valence-corrected chi connectivity index (χ0v) is 12.8. The molecule has 2 aromatic rings. The van der Waals surface area contributed by atoms with Gasteiger partial charge in [0.25, 0.3) is 0 Å². The smallest absolute Gasteiger partial charge is 0.261 e. The lowest BCUT2D eigenvalue weighted by Gasteiger charge is -2.09. The molecule has 124 valence electrons. The topological polar surface area (TPSA) is 50.2 Å². The molecule has 0 atom stereocenters. The van der Waals surface area contributed by atoms with Crippen LogP contribution in [0.1, 0.15) is 11.3 Å². The maximum atomic E-state index is 13.0. The van der Waals surface area contributed by atoms with Crippen molar-refractivity contribution in [2.24, 2.45) is 5.10 Å². The molecule has 1 aromatic heterocycles. The van der Waals surface area contributed by atoms with Crippen LogP contribution >= 0.6 is 11.8 Å². The van der Waals surface area contributed by atoms with Crippen LogP contribution < -0.4 is 5.43 Å². The Bertz CT molecular complexity index is 784. The van der Waals surface area contributed by atoms with Crippen LogP contribution in [0.3, 0.4) is 0 Å². The van der Waals surface area contributed by atoms with E-state index in [0.29, 0.717) is 5.56 Å². The van der Waals surface area contributed by atoms with Crippen molar-refractivity contribution in [3.8, 4) is 12.3 Å². The van der Waals surface area contributed by atoms with Crippen molar-refractivity contribution >= 4 is 23.8 Å². The largest absolute Gasteiger partial charge is 0.433 e. The number of nitrogens with one attached hydrogen (secondary N) is 1. The molecular weight excluding hydrogens is 344 g/mol. The van der Waals surface area contributed by atoms with E-state index >= 15 is 0 Å². The van der Waals surface area contributed by atoms with Crippen LogP contribution in [0.5, 0.6) is 0 Å². The molecule has 2 rings (SSSR count). The van der Waals surface area contributed by atoms with Crippen molar-refractivity contribution in [3.63, 3.8) is 0 Å². The number of hydrazone groups is 1. The van der Waals surface area contributed by atoms with Crippen LogP contribution in [0.2, 0.25) is 0 Å². The minimum Gasteiger partial charge on any atom is -0.261 e. The molecule has 0 aliphatic carbocycles. The Morgan fingerprint density at radius 2 is 2.08 bits per heavy atom. The molecular formula is C15H10F4N4S. The number of aromatic nitrogens is 2. The van der Waals surface area contributed by atoms with Crippen LogP contribution in [0.25, 0.3) is 0 Å². The Balaban J connectivity index is 2.20. The van der Waals surface area contributed by atoms with E-state index in [1.165, 1.54) is 24.4 Å². The second kappa shape index (κ2) is 7.79. The van der Waals surface area contributed by atoms with E-state index in [1.54, 1.807) is 6.07 Å².